The van der Waals surface area contributed by atoms with Crippen molar-refractivity contribution in [2.24, 2.45) is 11.7 Å². The number of amides is 2. The van der Waals surface area contributed by atoms with Crippen molar-refractivity contribution in [1.29, 1.82) is 0 Å². The Labute approximate surface area is 161 Å². The van der Waals surface area contributed by atoms with E-state index in [9.17, 15) is 9.59 Å². The summed E-state index contributed by atoms with van der Waals surface area (Å²) in [6.45, 7) is 4.22. The van der Waals surface area contributed by atoms with Gasteiger partial charge in [-0.15, -0.1) is 0 Å². The van der Waals surface area contributed by atoms with Gasteiger partial charge >= 0.3 is 0 Å². The van der Waals surface area contributed by atoms with Crippen LogP contribution in [0.3, 0.4) is 0 Å². The fourth-order valence-electron chi connectivity index (χ4n) is 3.20. The third-order valence-corrected chi connectivity index (χ3v) is 4.99. The molecule has 27 heavy (non-hydrogen) atoms. The summed E-state index contributed by atoms with van der Waals surface area (Å²) in [7, 11) is 3.32. The zero-order chi connectivity index (χ0) is 19.8. The molecule has 0 unspecified atom stereocenters. The van der Waals surface area contributed by atoms with Crippen molar-refractivity contribution in [3.63, 3.8) is 0 Å². The van der Waals surface area contributed by atoms with Gasteiger partial charge in [0.05, 0.1) is 26.2 Å². The van der Waals surface area contributed by atoms with E-state index in [-0.39, 0.29) is 23.8 Å². The molecule has 1 fully saturated rings. The van der Waals surface area contributed by atoms with Crippen molar-refractivity contribution < 1.29 is 19.1 Å². The van der Waals surface area contributed by atoms with Crippen LogP contribution in [-0.4, -0.2) is 50.1 Å². The number of hydrogen-bond acceptors (Lipinski definition) is 5. The molecule has 0 bridgehead atoms. The van der Waals surface area contributed by atoms with Crippen LogP contribution in [0.2, 0.25) is 0 Å². The highest BCUT2D eigenvalue weighted by Crippen LogP contribution is 2.30. The molecule has 1 aliphatic heterocycles. The van der Waals surface area contributed by atoms with E-state index in [1.807, 2.05) is 18.2 Å². The molecule has 0 saturated carbocycles. The average molecular weight is 376 g/mol. The van der Waals surface area contributed by atoms with Gasteiger partial charge in [-0.25, -0.2) is 0 Å². The summed E-state index contributed by atoms with van der Waals surface area (Å²) in [6, 6.07) is 5.94. The van der Waals surface area contributed by atoms with Gasteiger partial charge in [0.1, 0.15) is 11.5 Å². The average Bonchev–Trinajstić information content (AvgIpc) is 2.67. The van der Waals surface area contributed by atoms with Crippen LogP contribution in [0.4, 0.5) is 0 Å². The van der Waals surface area contributed by atoms with Crippen molar-refractivity contribution in [2.75, 3.05) is 27.3 Å². The van der Waals surface area contributed by atoms with E-state index in [4.69, 9.17) is 15.2 Å². The maximum absolute atomic E-state index is 12.0. The predicted molar refractivity (Wildman–Crippen MR) is 103 cm³/mol. The number of nitrogens with two attached hydrogens (primary N) is 1. The maximum Gasteiger partial charge on any atom is 0.224 e. The minimum Gasteiger partial charge on any atom is -0.496 e. The van der Waals surface area contributed by atoms with E-state index < -0.39 is 0 Å². The van der Waals surface area contributed by atoms with Gasteiger partial charge in [-0.3, -0.25) is 14.5 Å². The van der Waals surface area contributed by atoms with Crippen LogP contribution in [0.15, 0.2) is 18.2 Å². The minimum atomic E-state index is -0.390. The highest BCUT2D eigenvalue weighted by Gasteiger charge is 2.23. The number of nitrogens with zero attached hydrogens (tertiary/aromatic N) is 1. The lowest BCUT2D eigenvalue weighted by Gasteiger charge is -2.33. The smallest absolute Gasteiger partial charge is 0.224 e. The molecular weight excluding hydrogens is 346 g/mol. The quantitative estimate of drug-likeness (QED) is 0.681. The second kappa shape index (κ2) is 10.2. The van der Waals surface area contributed by atoms with E-state index >= 15 is 0 Å². The lowest BCUT2D eigenvalue weighted by molar-refractivity contribution is -0.121. The Morgan fingerprint density at radius 3 is 2.37 bits per heavy atom. The summed E-state index contributed by atoms with van der Waals surface area (Å²) in [4.78, 5) is 25.4. The second-order valence-corrected chi connectivity index (χ2v) is 6.94. The molecule has 1 aliphatic rings. The number of nitrogens with one attached hydrogen (secondary N) is 1. The zero-order valence-electron chi connectivity index (χ0n) is 16.4. The van der Waals surface area contributed by atoms with Crippen molar-refractivity contribution >= 4 is 11.8 Å². The first-order valence-corrected chi connectivity index (χ1v) is 9.29. The number of carbonyl (C=O) groups is 2. The summed E-state index contributed by atoms with van der Waals surface area (Å²) < 4.78 is 10.9. The van der Waals surface area contributed by atoms with Crippen LogP contribution in [0.5, 0.6) is 11.5 Å². The molecule has 0 aliphatic carbocycles. The lowest BCUT2D eigenvalue weighted by atomic mass is 10.0. The highest BCUT2D eigenvalue weighted by molar-refractivity contribution is 5.86. The number of piperidine rings is 1. The number of methoxy groups -OCH3 is 2. The van der Waals surface area contributed by atoms with Crippen LogP contribution in [0, 0.1) is 12.3 Å². The number of primary amides is 1. The molecule has 149 valence electrons. The fourth-order valence-corrected chi connectivity index (χ4v) is 3.20. The number of ether oxygens (including phenoxy) is 2. The zero-order valence-corrected chi connectivity index (χ0v) is 16.4. The summed E-state index contributed by atoms with van der Waals surface area (Å²) in [5, 5.41) is 3.02. The Morgan fingerprint density at radius 1 is 1.26 bits per heavy atom. The molecule has 2 rings (SSSR count). The Hall–Kier alpha value is -2.28. The molecule has 1 aromatic rings. The summed E-state index contributed by atoms with van der Waals surface area (Å²) in [5.74, 6) is 0.798. The Bertz CT molecular complexity index is 620. The monoisotopic (exact) mass is 376 g/mol. The molecule has 1 radical (unpaired) electrons. The third-order valence-electron chi connectivity index (χ3n) is 4.99. The summed E-state index contributed by atoms with van der Waals surface area (Å²) in [6.07, 6.45) is 3.64. The predicted octanol–water partition coefficient (Wildman–Crippen LogP) is 1.50. The van der Waals surface area contributed by atoms with Crippen LogP contribution >= 0.6 is 0 Å². The van der Waals surface area contributed by atoms with E-state index in [1.54, 1.807) is 21.1 Å². The first-order chi connectivity index (χ1) is 12.9. The van der Waals surface area contributed by atoms with Crippen molar-refractivity contribution in [3.05, 3.63) is 30.2 Å². The van der Waals surface area contributed by atoms with Gasteiger partial charge < -0.3 is 20.5 Å². The SMILES string of the molecule is COc1cccc(OC)c1CN1CCC(NC(=O)[CH]C[C@H](C)C(N)=O)CC1. The van der Waals surface area contributed by atoms with Gasteiger partial charge in [0, 0.05) is 31.6 Å². The normalized spacial score (nSPS) is 16.6. The fraction of sp³-hybridized carbons (Fsp3) is 0.550. The van der Waals surface area contributed by atoms with E-state index in [0.29, 0.717) is 6.42 Å². The molecule has 1 aromatic carbocycles. The van der Waals surface area contributed by atoms with Gasteiger partial charge in [-0.1, -0.05) is 13.0 Å². The van der Waals surface area contributed by atoms with Gasteiger partial charge in [-0.2, -0.15) is 0 Å². The first-order valence-electron chi connectivity index (χ1n) is 9.29. The van der Waals surface area contributed by atoms with Crippen LogP contribution in [-0.2, 0) is 16.1 Å². The van der Waals surface area contributed by atoms with Crippen molar-refractivity contribution in [1.82, 2.24) is 10.2 Å². The number of rotatable bonds is 9. The van der Waals surface area contributed by atoms with Gasteiger partial charge in [0.2, 0.25) is 11.8 Å². The second-order valence-electron chi connectivity index (χ2n) is 6.94. The summed E-state index contributed by atoms with van der Waals surface area (Å²) in [5.41, 5.74) is 6.25. The van der Waals surface area contributed by atoms with E-state index in [1.165, 1.54) is 6.42 Å². The molecule has 0 spiro atoms. The molecule has 1 heterocycles. The van der Waals surface area contributed by atoms with Gasteiger partial charge in [0.25, 0.3) is 0 Å². The van der Waals surface area contributed by atoms with Crippen LogP contribution in [0.25, 0.3) is 0 Å². The van der Waals surface area contributed by atoms with Crippen LogP contribution < -0.4 is 20.5 Å². The largest absolute Gasteiger partial charge is 0.496 e. The number of benzene rings is 1. The Balaban J connectivity index is 1.81. The topological polar surface area (TPSA) is 93.9 Å². The molecule has 3 N–H and O–H groups in total. The van der Waals surface area contributed by atoms with Crippen molar-refractivity contribution in [3.8, 4) is 11.5 Å². The molecule has 7 heteroatoms. The standard InChI is InChI=1S/C20H30N3O4/c1-14(20(21)25)7-8-19(24)22-15-9-11-23(12-10-15)13-16-17(26-2)5-4-6-18(16)27-3/h4-6,8,14-15H,7,9-13H2,1-3H3,(H2,21,25)(H,22,24)/t14-/m0/s1. The Morgan fingerprint density at radius 2 is 1.85 bits per heavy atom. The molecule has 0 aromatic heterocycles. The molecule has 1 saturated heterocycles. The third kappa shape index (κ3) is 6.13. The summed E-state index contributed by atoms with van der Waals surface area (Å²) >= 11 is 0. The van der Waals surface area contributed by atoms with Gasteiger partial charge in [0.15, 0.2) is 0 Å². The molecule has 7 nitrogen and oxygen atoms in total. The molecule has 2 amide bonds. The van der Waals surface area contributed by atoms with E-state index in [0.717, 1.165) is 49.5 Å². The van der Waals surface area contributed by atoms with E-state index in [2.05, 4.69) is 10.2 Å². The number of hydrogen-bond donors (Lipinski definition) is 2. The van der Waals surface area contributed by atoms with Crippen molar-refractivity contribution in [2.45, 2.75) is 38.8 Å². The molecule has 1 atom stereocenters. The minimum absolute atomic E-state index is 0.132. The number of carbonyl (C=O) groups excluding carboxylic acids is 2. The van der Waals surface area contributed by atoms with Gasteiger partial charge in [-0.05, 0) is 31.4 Å². The first kappa shape index (κ1) is 21.0. The maximum atomic E-state index is 12.0. The Kier molecular flexibility index (Phi) is 7.91. The highest BCUT2D eigenvalue weighted by atomic mass is 16.5. The van der Waals surface area contributed by atoms with Crippen LogP contribution in [0.1, 0.15) is 31.7 Å². The lowest BCUT2D eigenvalue weighted by Crippen LogP contribution is -2.44. The number of likely N-dealkylation sites (tertiary alicyclic amines) is 1. The molecular formula is C20H30N3O4.